The fraction of sp³-hybridized carbons (Fsp3) is 0.231. The van der Waals surface area contributed by atoms with Gasteiger partial charge in [0.2, 0.25) is 0 Å². The molecule has 0 nitrogen and oxygen atoms in total. The van der Waals surface area contributed by atoms with E-state index in [0.29, 0.717) is 0 Å². The molecule has 1 radical (unpaired) electrons. The van der Waals surface area contributed by atoms with Crippen molar-refractivity contribution in [2.75, 3.05) is 0 Å². The van der Waals surface area contributed by atoms with Crippen molar-refractivity contribution >= 4 is 30.7 Å². The van der Waals surface area contributed by atoms with Crippen molar-refractivity contribution in [1.82, 2.24) is 0 Å². The van der Waals surface area contributed by atoms with Crippen molar-refractivity contribution in [2.24, 2.45) is 0 Å². The molecule has 1 aromatic carbocycles. The Morgan fingerprint density at radius 1 is 1.18 bits per heavy atom. The third-order valence-electron chi connectivity index (χ3n) is 2.21. The van der Waals surface area contributed by atoms with E-state index in [4.69, 9.17) is 17.0 Å². The summed E-state index contributed by atoms with van der Waals surface area (Å²) in [6.45, 7) is 7.07. The molecule has 2 rings (SSSR count). The molecule has 0 fully saturated rings. The molecule has 1 aliphatic carbocycles. The van der Waals surface area contributed by atoms with Crippen LogP contribution in [0.5, 0.6) is 0 Å². The van der Waals surface area contributed by atoms with E-state index in [1.807, 2.05) is 0 Å². The summed E-state index contributed by atoms with van der Waals surface area (Å²) in [5.41, 5.74) is 6.37. The van der Waals surface area contributed by atoms with Gasteiger partial charge >= 0.3 is 37.9 Å². The normalized spacial score (nSPS) is 15.2. The summed E-state index contributed by atoms with van der Waals surface area (Å²) in [5, 5.41) is 0. The number of halogens is 2. The van der Waals surface area contributed by atoms with Gasteiger partial charge in [0.1, 0.15) is 0 Å². The van der Waals surface area contributed by atoms with Crippen LogP contribution in [0.15, 0.2) is 36.0 Å². The Morgan fingerprint density at radius 2 is 1.76 bits per heavy atom. The molecule has 0 saturated carbocycles. The Bertz CT molecular complexity index is 433. The number of fused-ring (bicyclic) bond motifs is 1. The van der Waals surface area contributed by atoms with Crippen molar-refractivity contribution in [1.29, 1.82) is 0 Å². The van der Waals surface area contributed by atoms with Crippen LogP contribution in [0.3, 0.4) is 0 Å². The SMILES string of the molecule is C[Si](C)(C)C=C1C=[C]c2ccccc21.[Cl][Zr][Cl]. The fourth-order valence-corrected chi connectivity index (χ4v) is 2.85. The quantitative estimate of drug-likeness (QED) is 0.615. The third-order valence-corrected chi connectivity index (χ3v) is 3.39. The Morgan fingerprint density at radius 3 is 2.35 bits per heavy atom. The van der Waals surface area contributed by atoms with Gasteiger partial charge in [0, 0.05) is 0 Å². The summed E-state index contributed by atoms with van der Waals surface area (Å²) in [5.74, 6) is 0. The molecule has 1 aliphatic rings. The number of benzene rings is 1. The van der Waals surface area contributed by atoms with Gasteiger partial charge in [-0.15, -0.1) is 0 Å². The minimum atomic E-state index is -1.12. The molecule has 0 unspecified atom stereocenters. The first-order valence-corrected chi connectivity index (χ1v) is 15.3. The van der Waals surface area contributed by atoms with Gasteiger partial charge in [-0.3, -0.25) is 0 Å². The second-order valence-electron chi connectivity index (χ2n) is 4.87. The molecular weight excluding hydrogens is 346 g/mol. The Balaban J connectivity index is 0.000000437. The van der Waals surface area contributed by atoms with Gasteiger partial charge in [-0.2, -0.15) is 0 Å². The Labute approximate surface area is 123 Å². The van der Waals surface area contributed by atoms with Crippen molar-refractivity contribution < 1.29 is 20.8 Å². The number of allylic oxidation sites excluding steroid dienone is 2. The molecule has 17 heavy (non-hydrogen) atoms. The first-order valence-electron chi connectivity index (χ1n) is 5.36. The molecular formula is C13H15Cl2SiZr. The van der Waals surface area contributed by atoms with E-state index >= 15 is 0 Å². The fourth-order valence-electron chi connectivity index (χ4n) is 1.68. The van der Waals surface area contributed by atoms with Crippen molar-refractivity contribution in [3.8, 4) is 0 Å². The zero-order valence-electron chi connectivity index (χ0n) is 10.2. The molecule has 0 amide bonds. The monoisotopic (exact) mass is 359 g/mol. The van der Waals surface area contributed by atoms with E-state index in [0.717, 1.165) is 0 Å². The summed E-state index contributed by atoms with van der Waals surface area (Å²) >= 11 is -0.826. The van der Waals surface area contributed by atoms with E-state index in [1.54, 1.807) is 0 Å². The van der Waals surface area contributed by atoms with Crippen molar-refractivity contribution in [3.05, 3.63) is 53.2 Å². The third kappa shape index (κ3) is 5.26. The molecule has 0 spiro atoms. The predicted octanol–water partition coefficient (Wildman–Crippen LogP) is 5.04. The predicted molar refractivity (Wildman–Crippen MR) is 76.4 cm³/mol. The summed E-state index contributed by atoms with van der Waals surface area (Å²) in [6.07, 6.45) is 5.42. The average Bonchev–Trinajstić information content (AvgIpc) is 2.61. The van der Waals surface area contributed by atoms with Crippen LogP contribution in [-0.4, -0.2) is 8.07 Å². The first-order chi connectivity index (χ1) is 7.98. The van der Waals surface area contributed by atoms with E-state index < -0.39 is 28.9 Å². The molecule has 0 aliphatic heterocycles. The number of hydrogen-bond acceptors (Lipinski definition) is 0. The topological polar surface area (TPSA) is 0 Å². The van der Waals surface area contributed by atoms with Crippen LogP contribution in [0.2, 0.25) is 19.6 Å². The van der Waals surface area contributed by atoms with E-state index in [-0.39, 0.29) is 0 Å². The summed E-state index contributed by atoms with van der Waals surface area (Å²) in [7, 11) is 8.74. The van der Waals surface area contributed by atoms with Gasteiger partial charge in [0.15, 0.2) is 0 Å². The molecule has 0 saturated heterocycles. The maximum absolute atomic E-state index is 4.93. The zero-order chi connectivity index (χ0) is 12.9. The molecule has 1 aromatic rings. The van der Waals surface area contributed by atoms with Crippen LogP contribution in [0.25, 0.3) is 5.57 Å². The van der Waals surface area contributed by atoms with Crippen LogP contribution in [-0.2, 0) is 20.8 Å². The Kier molecular flexibility index (Phi) is 6.44. The summed E-state index contributed by atoms with van der Waals surface area (Å²) in [6, 6.07) is 8.46. The second kappa shape index (κ2) is 7.09. The molecule has 0 atom stereocenters. The van der Waals surface area contributed by atoms with Crippen LogP contribution < -0.4 is 0 Å². The number of rotatable bonds is 1. The summed E-state index contributed by atoms with van der Waals surface area (Å²) in [4.78, 5) is 0. The molecule has 0 bridgehead atoms. The van der Waals surface area contributed by atoms with Crippen molar-refractivity contribution in [3.63, 3.8) is 0 Å². The molecule has 0 heterocycles. The second-order valence-corrected chi connectivity index (χ2v) is 13.6. The summed E-state index contributed by atoms with van der Waals surface area (Å²) < 4.78 is 0. The van der Waals surface area contributed by atoms with Crippen molar-refractivity contribution in [2.45, 2.75) is 19.6 Å². The van der Waals surface area contributed by atoms with Gasteiger partial charge < -0.3 is 0 Å². The Hall–Kier alpha value is 0.380. The first kappa shape index (κ1) is 15.4. The minimum absolute atomic E-state index is 0.826. The average molecular weight is 361 g/mol. The zero-order valence-corrected chi connectivity index (χ0v) is 15.2. The van der Waals surface area contributed by atoms with E-state index in [2.05, 4.69) is 61.8 Å². The van der Waals surface area contributed by atoms with Gasteiger partial charge in [-0.05, 0) is 28.9 Å². The van der Waals surface area contributed by atoms with Gasteiger partial charge in [-0.25, -0.2) is 0 Å². The van der Waals surface area contributed by atoms with E-state index in [9.17, 15) is 0 Å². The van der Waals surface area contributed by atoms with Crippen LogP contribution >= 0.6 is 17.0 Å². The molecule has 4 heteroatoms. The molecule has 0 N–H and O–H groups in total. The van der Waals surface area contributed by atoms with Gasteiger partial charge in [0.25, 0.3) is 0 Å². The van der Waals surface area contributed by atoms with Gasteiger partial charge in [0.05, 0.1) is 8.07 Å². The van der Waals surface area contributed by atoms with Crippen LogP contribution in [0.1, 0.15) is 11.1 Å². The standard InChI is InChI=1S/C13H15Si.2ClH.Zr/c1-14(2,3)10-12-9-8-11-6-4-5-7-13(11)12;;;/h4-7,9-10H,1-3H3;2*1H;/q;;;+2/p-2. The van der Waals surface area contributed by atoms with Crippen LogP contribution in [0.4, 0.5) is 0 Å². The maximum atomic E-state index is 4.93. The van der Waals surface area contributed by atoms with Gasteiger partial charge in [-0.1, -0.05) is 49.6 Å². The van der Waals surface area contributed by atoms with E-state index in [1.165, 1.54) is 16.7 Å². The molecule has 89 valence electrons. The molecule has 0 aromatic heterocycles. The van der Waals surface area contributed by atoms with Crippen LogP contribution in [0, 0.1) is 6.08 Å². The number of hydrogen-bond donors (Lipinski definition) is 0.